The van der Waals surface area contributed by atoms with E-state index in [4.69, 9.17) is 8.83 Å². The zero-order valence-corrected chi connectivity index (χ0v) is 15.1. The summed E-state index contributed by atoms with van der Waals surface area (Å²) in [5.74, 6) is -3.82. The Morgan fingerprint density at radius 2 is 1.27 bits per heavy atom. The Hall–Kier alpha value is -3.97. The van der Waals surface area contributed by atoms with Crippen LogP contribution in [0.1, 0.15) is 36.2 Å². The van der Waals surface area contributed by atoms with E-state index in [-0.39, 0.29) is 12.8 Å². The van der Waals surface area contributed by atoms with E-state index in [1.165, 1.54) is 12.5 Å². The van der Waals surface area contributed by atoms with E-state index in [1.54, 1.807) is 24.3 Å². The summed E-state index contributed by atoms with van der Waals surface area (Å²) in [5.41, 5.74) is 3.75. The predicted octanol–water partition coefficient (Wildman–Crippen LogP) is 0.250. The molecule has 0 aliphatic carbocycles. The van der Waals surface area contributed by atoms with Crippen LogP contribution in [0.2, 0.25) is 0 Å². The first-order valence-electron chi connectivity index (χ1n) is 8.65. The zero-order chi connectivity index (χ0) is 21.3. The highest BCUT2D eigenvalue weighted by atomic mass is 16.9. The van der Waals surface area contributed by atoms with Crippen LogP contribution in [0.15, 0.2) is 45.6 Å². The summed E-state index contributed by atoms with van der Waals surface area (Å²) in [6.07, 6.45) is 0.904. The number of amides is 4. The van der Waals surface area contributed by atoms with E-state index in [1.807, 2.05) is 11.2 Å². The van der Waals surface area contributed by atoms with Gasteiger partial charge < -0.3 is 18.5 Å². The molecule has 2 aromatic rings. The zero-order valence-electron chi connectivity index (χ0n) is 15.1. The second-order valence-electron chi connectivity index (χ2n) is 6.32. The fourth-order valence-electron chi connectivity index (χ4n) is 3.07. The Labute approximate surface area is 167 Å². The third-order valence-corrected chi connectivity index (χ3v) is 4.51. The molecule has 4 heterocycles. The molecule has 0 aromatic carbocycles. The number of carbonyl (C=O) groups excluding carboxylic acids is 5. The van der Waals surface area contributed by atoms with Gasteiger partial charge in [-0.2, -0.15) is 14.8 Å². The fourth-order valence-corrected chi connectivity index (χ4v) is 3.07. The SMILES string of the molecule is O=C(ONN1C(=O)CC(c2ccco2)C1=O)ONN1C(=O)CC(c2ccco2)C1=O. The molecule has 0 radical (unpaired) electrons. The molecule has 4 rings (SSSR count). The minimum absolute atomic E-state index is 0.180. The van der Waals surface area contributed by atoms with E-state index in [9.17, 15) is 24.0 Å². The van der Waals surface area contributed by atoms with Crippen molar-refractivity contribution in [1.82, 2.24) is 21.2 Å². The van der Waals surface area contributed by atoms with E-state index >= 15 is 0 Å². The van der Waals surface area contributed by atoms with Crippen LogP contribution in [0.4, 0.5) is 4.79 Å². The first kappa shape index (κ1) is 19.4. The third kappa shape index (κ3) is 3.54. The molecule has 0 bridgehead atoms. The molecule has 2 aromatic heterocycles. The van der Waals surface area contributed by atoms with Crippen molar-refractivity contribution in [2.45, 2.75) is 24.7 Å². The quantitative estimate of drug-likeness (QED) is 0.489. The first-order valence-corrected chi connectivity index (χ1v) is 8.65. The smallest absolute Gasteiger partial charge is 0.469 e. The minimum atomic E-state index is -1.46. The van der Waals surface area contributed by atoms with Crippen LogP contribution in [0.5, 0.6) is 0 Å². The van der Waals surface area contributed by atoms with Gasteiger partial charge in [-0.1, -0.05) is 0 Å². The van der Waals surface area contributed by atoms with Gasteiger partial charge in [-0.15, -0.1) is 0 Å². The monoisotopic (exact) mass is 418 g/mol. The van der Waals surface area contributed by atoms with Gasteiger partial charge in [0.25, 0.3) is 11.8 Å². The lowest BCUT2D eigenvalue weighted by molar-refractivity contribution is -0.163. The fraction of sp³-hybridized carbons (Fsp3) is 0.235. The molecule has 13 nitrogen and oxygen atoms in total. The number of furan rings is 2. The van der Waals surface area contributed by atoms with Crippen molar-refractivity contribution >= 4 is 29.8 Å². The third-order valence-electron chi connectivity index (χ3n) is 4.51. The van der Waals surface area contributed by atoms with Crippen molar-refractivity contribution in [2.75, 3.05) is 0 Å². The maximum absolute atomic E-state index is 12.3. The molecule has 0 spiro atoms. The van der Waals surface area contributed by atoms with Crippen molar-refractivity contribution in [3.63, 3.8) is 0 Å². The Bertz CT molecular complexity index is 907. The van der Waals surface area contributed by atoms with Gasteiger partial charge in [0.05, 0.1) is 12.5 Å². The summed E-state index contributed by atoms with van der Waals surface area (Å²) < 4.78 is 10.2. The Balaban J connectivity index is 1.27. The molecule has 4 amide bonds. The summed E-state index contributed by atoms with van der Waals surface area (Å²) in [5, 5.41) is 0.987. The normalized spacial score (nSPS) is 21.6. The first-order chi connectivity index (χ1) is 14.5. The van der Waals surface area contributed by atoms with E-state index < -0.39 is 41.6 Å². The molecule has 0 saturated carbocycles. The molecule has 2 N–H and O–H groups in total. The highest BCUT2D eigenvalue weighted by Gasteiger charge is 2.43. The molecule has 2 aliphatic rings. The van der Waals surface area contributed by atoms with E-state index in [2.05, 4.69) is 9.68 Å². The van der Waals surface area contributed by atoms with Crippen LogP contribution in [-0.2, 0) is 28.9 Å². The molecule has 2 aliphatic heterocycles. The van der Waals surface area contributed by atoms with Gasteiger partial charge >= 0.3 is 6.16 Å². The Morgan fingerprint density at radius 3 is 1.63 bits per heavy atom. The summed E-state index contributed by atoms with van der Waals surface area (Å²) in [4.78, 5) is 69.1. The molecule has 30 heavy (non-hydrogen) atoms. The maximum atomic E-state index is 12.3. The number of hydrazine groups is 2. The van der Waals surface area contributed by atoms with Crippen molar-refractivity contribution in [2.24, 2.45) is 0 Å². The van der Waals surface area contributed by atoms with Crippen molar-refractivity contribution in [1.29, 1.82) is 0 Å². The average Bonchev–Trinajstić information content (AvgIpc) is 3.50. The van der Waals surface area contributed by atoms with Gasteiger partial charge in [0.1, 0.15) is 23.4 Å². The molecule has 2 saturated heterocycles. The van der Waals surface area contributed by atoms with Gasteiger partial charge in [0.2, 0.25) is 11.8 Å². The maximum Gasteiger partial charge on any atom is 0.550 e. The van der Waals surface area contributed by atoms with Crippen molar-refractivity contribution in [3.8, 4) is 0 Å². The van der Waals surface area contributed by atoms with Crippen LogP contribution in [0, 0.1) is 0 Å². The van der Waals surface area contributed by atoms with Crippen molar-refractivity contribution < 1.29 is 42.5 Å². The molecular weight excluding hydrogens is 404 g/mol. The molecule has 156 valence electrons. The minimum Gasteiger partial charge on any atom is -0.469 e. The van der Waals surface area contributed by atoms with Crippen LogP contribution >= 0.6 is 0 Å². The second kappa shape index (κ2) is 7.81. The summed E-state index contributed by atoms with van der Waals surface area (Å²) >= 11 is 0. The lowest BCUT2D eigenvalue weighted by Crippen LogP contribution is -2.47. The average molecular weight is 418 g/mol. The molecule has 2 fully saturated rings. The lowest BCUT2D eigenvalue weighted by Gasteiger charge is -2.16. The number of imide groups is 2. The van der Waals surface area contributed by atoms with Gasteiger partial charge in [0, 0.05) is 12.8 Å². The number of hydrogen-bond donors (Lipinski definition) is 2. The van der Waals surface area contributed by atoms with Gasteiger partial charge in [-0.25, -0.2) is 0 Å². The predicted molar refractivity (Wildman–Crippen MR) is 89.7 cm³/mol. The van der Waals surface area contributed by atoms with Crippen LogP contribution in [-0.4, -0.2) is 39.8 Å². The largest absolute Gasteiger partial charge is 0.550 e. The number of nitrogens with one attached hydrogen (secondary N) is 2. The second-order valence-corrected chi connectivity index (χ2v) is 6.32. The van der Waals surface area contributed by atoms with Crippen LogP contribution < -0.4 is 11.2 Å². The van der Waals surface area contributed by atoms with E-state index in [0.717, 1.165) is 0 Å². The number of carbonyl (C=O) groups is 5. The summed E-state index contributed by atoms with van der Waals surface area (Å²) in [6.45, 7) is 0. The molecule has 13 heteroatoms. The number of rotatable bonds is 6. The lowest BCUT2D eigenvalue weighted by atomic mass is 10.1. The Morgan fingerprint density at radius 1 is 0.833 bits per heavy atom. The van der Waals surface area contributed by atoms with Gasteiger partial charge in [-0.05, 0) is 35.4 Å². The number of nitrogens with zero attached hydrogens (tertiary/aromatic N) is 2. The number of hydrogen-bond acceptors (Lipinski definition) is 11. The van der Waals surface area contributed by atoms with E-state index in [0.29, 0.717) is 21.5 Å². The van der Waals surface area contributed by atoms with Gasteiger partial charge in [-0.3, -0.25) is 19.2 Å². The van der Waals surface area contributed by atoms with Crippen LogP contribution in [0.3, 0.4) is 0 Å². The van der Waals surface area contributed by atoms with Crippen molar-refractivity contribution in [3.05, 3.63) is 48.3 Å². The summed E-state index contributed by atoms with van der Waals surface area (Å²) in [7, 11) is 0. The summed E-state index contributed by atoms with van der Waals surface area (Å²) in [6, 6.07) is 6.22. The highest BCUT2D eigenvalue weighted by Crippen LogP contribution is 2.29. The molecule has 2 unspecified atom stereocenters. The van der Waals surface area contributed by atoms with Gasteiger partial charge in [0.15, 0.2) is 0 Å². The topological polar surface area (TPSA) is 161 Å². The molecular formula is C17H14N4O9. The standard InChI is InChI=1S/C17H14N4O9/c22-13-7-9(11-3-1-5-27-11)15(24)20(13)18-29-17(26)30-19-21-14(23)8-10(16(21)25)12-4-2-6-28-12/h1-6,9-10,18-19H,7-8H2. The molecule has 2 atom stereocenters. The highest BCUT2D eigenvalue weighted by molar-refractivity contribution is 6.06. The Kier molecular flexibility index (Phi) is 5.04. The van der Waals surface area contributed by atoms with Crippen LogP contribution in [0.25, 0.3) is 0 Å².